The van der Waals surface area contributed by atoms with Crippen LogP contribution in [-0.2, 0) is 24.2 Å². The Labute approximate surface area is 212 Å². The molecule has 0 atom stereocenters. The van der Waals surface area contributed by atoms with Crippen molar-refractivity contribution in [1.29, 1.82) is 0 Å². The fourth-order valence-corrected chi connectivity index (χ4v) is 5.12. The zero-order valence-corrected chi connectivity index (χ0v) is 21.0. The molecule has 1 aliphatic rings. The van der Waals surface area contributed by atoms with E-state index in [0.29, 0.717) is 18.5 Å². The molecule has 0 fully saturated rings. The lowest BCUT2D eigenvalue weighted by Gasteiger charge is -2.29. The molecular weight excluding hydrogens is 448 g/mol. The van der Waals surface area contributed by atoms with E-state index in [1.165, 1.54) is 5.56 Å². The first kappa shape index (κ1) is 23.8. The highest BCUT2D eigenvalue weighted by molar-refractivity contribution is 5.96. The number of anilines is 1. The Hall–Kier alpha value is -3.93. The minimum absolute atomic E-state index is 0.0556. The van der Waals surface area contributed by atoms with Crippen molar-refractivity contribution in [2.45, 2.75) is 46.1 Å². The number of amides is 2. The average molecular weight is 481 g/mol. The number of nitrogens with zero attached hydrogens (tertiary/aromatic N) is 3. The van der Waals surface area contributed by atoms with E-state index in [4.69, 9.17) is 4.98 Å². The van der Waals surface area contributed by atoms with Gasteiger partial charge in [-0.2, -0.15) is 0 Å². The third-order valence-electron chi connectivity index (χ3n) is 6.93. The molecule has 6 nitrogen and oxygen atoms in total. The number of hydrogen-bond donors (Lipinski definition) is 1. The summed E-state index contributed by atoms with van der Waals surface area (Å²) in [5.41, 5.74) is 6.93. The highest BCUT2D eigenvalue weighted by atomic mass is 16.2. The fraction of sp³-hybridized carbons (Fsp3) is 0.300. The number of carbonyl (C=O) groups is 2. The van der Waals surface area contributed by atoms with Crippen LogP contribution in [0.25, 0.3) is 11.0 Å². The number of aryl methyl sites for hydroxylation is 4. The Balaban J connectivity index is 1.29. The first-order valence-corrected chi connectivity index (χ1v) is 12.7. The van der Waals surface area contributed by atoms with Gasteiger partial charge in [0.15, 0.2) is 0 Å². The second-order valence-electron chi connectivity index (χ2n) is 9.56. The number of hydrogen-bond acceptors (Lipinski definition) is 3. The largest absolute Gasteiger partial charge is 0.352 e. The first-order valence-electron chi connectivity index (χ1n) is 12.7. The number of fused-ring (bicyclic) bond motifs is 2. The van der Waals surface area contributed by atoms with E-state index >= 15 is 0 Å². The summed E-state index contributed by atoms with van der Waals surface area (Å²) in [6.07, 6.45) is 3.39. The van der Waals surface area contributed by atoms with E-state index < -0.39 is 0 Å². The van der Waals surface area contributed by atoms with Crippen molar-refractivity contribution in [3.63, 3.8) is 0 Å². The van der Waals surface area contributed by atoms with E-state index in [9.17, 15) is 9.59 Å². The van der Waals surface area contributed by atoms with Crippen molar-refractivity contribution in [2.24, 2.45) is 0 Å². The van der Waals surface area contributed by atoms with Crippen LogP contribution in [-0.4, -0.2) is 34.5 Å². The van der Waals surface area contributed by atoms with Gasteiger partial charge in [0, 0.05) is 30.8 Å². The lowest BCUT2D eigenvalue weighted by molar-refractivity contribution is -0.119. The standard InChI is InChI=1S/C30H32N4O2/c1-21-15-16-24(22(2)19-21)30(36)31-17-7-14-28-32-25-11-4-6-13-27(25)34(28)20-29(35)33-18-8-10-23-9-3-5-12-26(23)33/h3-6,9,11-13,15-16,19H,7-8,10,14,17-18,20H2,1-2H3,(H,31,36). The van der Waals surface area contributed by atoms with Gasteiger partial charge in [-0.15, -0.1) is 0 Å². The van der Waals surface area contributed by atoms with Gasteiger partial charge in [-0.05, 0) is 68.5 Å². The molecule has 0 saturated carbocycles. The van der Waals surface area contributed by atoms with Crippen molar-refractivity contribution in [2.75, 3.05) is 18.0 Å². The van der Waals surface area contributed by atoms with E-state index in [0.717, 1.165) is 59.5 Å². The van der Waals surface area contributed by atoms with Crippen LogP contribution >= 0.6 is 0 Å². The van der Waals surface area contributed by atoms with Crippen molar-refractivity contribution in [1.82, 2.24) is 14.9 Å². The quantitative estimate of drug-likeness (QED) is 0.379. The predicted octanol–water partition coefficient (Wildman–Crippen LogP) is 5.00. The molecule has 2 amide bonds. The maximum absolute atomic E-state index is 13.5. The SMILES string of the molecule is Cc1ccc(C(=O)NCCCc2nc3ccccc3n2CC(=O)N2CCCc3ccccc32)c(C)c1. The third-order valence-corrected chi connectivity index (χ3v) is 6.93. The predicted molar refractivity (Wildman–Crippen MR) is 143 cm³/mol. The van der Waals surface area contributed by atoms with E-state index in [1.807, 2.05) is 84.0 Å². The Morgan fingerprint density at radius 2 is 1.81 bits per heavy atom. The summed E-state index contributed by atoms with van der Waals surface area (Å²) < 4.78 is 2.04. The smallest absolute Gasteiger partial charge is 0.251 e. The summed E-state index contributed by atoms with van der Waals surface area (Å²) in [6.45, 7) is 5.52. The van der Waals surface area contributed by atoms with Gasteiger partial charge in [0.25, 0.3) is 5.91 Å². The Morgan fingerprint density at radius 3 is 2.67 bits per heavy atom. The summed E-state index contributed by atoms with van der Waals surface area (Å²) in [7, 11) is 0. The van der Waals surface area contributed by atoms with Gasteiger partial charge in [0.05, 0.1) is 11.0 Å². The molecule has 0 radical (unpaired) electrons. The Kier molecular flexibility index (Phi) is 6.85. The van der Waals surface area contributed by atoms with Crippen LogP contribution in [0.15, 0.2) is 66.7 Å². The molecule has 0 unspecified atom stereocenters. The molecule has 184 valence electrons. The van der Waals surface area contributed by atoms with Gasteiger partial charge in [0.1, 0.15) is 12.4 Å². The van der Waals surface area contributed by atoms with Crippen LogP contribution in [0.2, 0.25) is 0 Å². The summed E-state index contributed by atoms with van der Waals surface area (Å²) >= 11 is 0. The summed E-state index contributed by atoms with van der Waals surface area (Å²) in [6, 6.07) is 22.0. The number of rotatable bonds is 7. The highest BCUT2D eigenvalue weighted by Crippen LogP contribution is 2.27. The second kappa shape index (κ2) is 10.4. The molecule has 0 bridgehead atoms. The monoisotopic (exact) mass is 480 g/mol. The van der Waals surface area contributed by atoms with E-state index in [2.05, 4.69) is 11.4 Å². The molecular formula is C30H32N4O2. The maximum atomic E-state index is 13.5. The Morgan fingerprint density at radius 1 is 1.00 bits per heavy atom. The summed E-state index contributed by atoms with van der Waals surface area (Å²) in [5, 5.41) is 3.04. The van der Waals surface area contributed by atoms with Gasteiger partial charge in [-0.3, -0.25) is 9.59 Å². The van der Waals surface area contributed by atoms with Crippen LogP contribution < -0.4 is 10.2 Å². The topological polar surface area (TPSA) is 67.2 Å². The van der Waals surface area contributed by atoms with Crippen LogP contribution in [0.1, 0.15) is 45.7 Å². The van der Waals surface area contributed by atoms with Gasteiger partial charge < -0.3 is 14.8 Å². The lowest BCUT2D eigenvalue weighted by Crippen LogP contribution is -2.38. The van der Waals surface area contributed by atoms with Crippen LogP contribution in [0.5, 0.6) is 0 Å². The number of carbonyl (C=O) groups excluding carboxylic acids is 2. The summed E-state index contributed by atoms with van der Waals surface area (Å²) in [5.74, 6) is 0.894. The van der Waals surface area contributed by atoms with Crippen molar-refractivity contribution in [3.8, 4) is 0 Å². The van der Waals surface area contributed by atoms with Crippen LogP contribution in [0, 0.1) is 13.8 Å². The molecule has 36 heavy (non-hydrogen) atoms. The third kappa shape index (κ3) is 4.89. The van der Waals surface area contributed by atoms with Gasteiger partial charge in [0.2, 0.25) is 5.91 Å². The van der Waals surface area contributed by atoms with Crippen molar-refractivity contribution in [3.05, 3.63) is 94.8 Å². The fourth-order valence-electron chi connectivity index (χ4n) is 5.12. The average Bonchev–Trinajstić information content (AvgIpc) is 3.23. The Bertz CT molecular complexity index is 1420. The highest BCUT2D eigenvalue weighted by Gasteiger charge is 2.24. The normalized spacial score (nSPS) is 13.0. The zero-order chi connectivity index (χ0) is 25.1. The first-order chi connectivity index (χ1) is 17.5. The minimum atomic E-state index is -0.0556. The number of aromatic nitrogens is 2. The molecule has 2 heterocycles. The molecule has 6 heteroatoms. The van der Waals surface area contributed by atoms with E-state index in [1.54, 1.807) is 0 Å². The number of benzene rings is 3. The molecule has 5 rings (SSSR count). The molecule has 0 spiro atoms. The van der Waals surface area contributed by atoms with E-state index in [-0.39, 0.29) is 18.4 Å². The molecule has 4 aromatic rings. The maximum Gasteiger partial charge on any atom is 0.251 e. The van der Waals surface area contributed by atoms with Gasteiger partial charge >= 0.3 is 0 Å². The molecule has 0 aliphatic carbocycles. The minimum Gasteiger partial charge on any atom is -0.352 e. The number of nitrogens with one attached hydrogen (secondary N) is 1. The van der Waals surface area contributed by atoms with Gasteiger partial charge in [-0.1, -0.05) is 48.0 Å². The molecule has 3 aromatic carbocycles. The molecule has 0 saturated heterocycles. The number of para-hydroxylation sites is 3. The van der Waals surface area contributed by atoms with Crippen LogP contribution in [0.4, 0.5) is 5.69 Å². The van der Waals surface area contributed by atoms with Crippen molar-refractivity contribution < 1.29 is 9.59 Å². The lowest BCUT2D eigenvalue weighted by atomic mass is 10.0. The van der Waals surface area contributed by atoms with Crippen molar-refractivity contribution >= 4 is 28.5 Å². The molecule has 1 N–H and O–H groups in total. The summed E-state index contributed by atoms with van der Waals surface area (Å²) in [4.78, 5) is 32.9. The van der Waals surface area contributed by atoms with Crippen LogP contribution in [0.3, 0.4) is 0 Å². The second-order valence-corrected chi connectivity index (χ2v) is 9.56. The number of imidazole rings is 1. The molecule has 1 aromatic heterocycles. The zero-order valence-electron chi connectivity index (χ0n) is 21.0. The molecule has 1 aliphatic heterocycles. The van der Waals surface area contributed by atoms with Gasteiger partial charge in [-0.25, -0.2) is 4.98 Å².